The highest BCUT2D eigenvalue weighted by Gasteiger charge is 2.46. The number of furan rings is 1. The fourth-order valence-corrected chi connectivity index (χ4v) is 5.79. The second-order valence-electron chi connectivity index (χ2n) is 8.03. The quantitative estimate of drug-likeness (QED) is 0.360. The smallest absolute Gasteiger partial charge is 0.296 e. The van der Waals surface area contributed by atoms with E-state index in [0.717, 1.165) is 17.6 Å². The van der Waals surface area contributed by atoms with Crippen LogP contribution in [0.4, 0.5) is 5.13 Å². The normalized spacial score (nSPS) is 16.5. The predicted octanol–water partition coefficient (Wildman–Crippen LogP) is 5.04. The first-order chi connectivity index (χ1) is 16.5. The molecule has 4 aromatic rings. The van der Waals surface area contributed by atoms with E-state index in [2.05, 4.69) is 4.98 Å². The Morgan fingerprint density at radius 1 is 1.14 bits per heavy atom. The standard InChI is InChI=1S/C24H17ClN2O6S2/c1-12-3-10-17(33-12)21(28)19-20(13-4-6-14(25)7-5-13)27(23(30)22(19)29)24-26-16-9-8-15(35(2,31)32)11-18(16)34-24/h3-11,20,29H,1-2H3. The van der Waals surface area contributed by atoms with Crippen molar-refractivity contribution in [2.45, 2.75) is 17.9 Å². The van der Waals surface area contributed by atoms with E-state index < -0.39 is 33.3 Å². The Balaban J connectivity index is 1.67. The highest BCUT2D eigenvalue weighted by atomic mass is 35.5. The molecule has 0 bridgehead atoms. The number of sulfone groups is 1. The van der Waals surface area contributed by atoms with E-state index >= 15 is 0 Å². The number of ketones is 1. The number of nitrogens with zero attached hydrogens (tertiary/aromatic N) is 2. The molecule has 1 N–H and O–H groups in total. The van der Waals surface area contributed by atoms with Crippen molar-refractivity contribution < 1.29 is 27.5 Å². The van der Waals surface area contributed by atoms with Gasteiger partial charge in [0.15, 0.2) is 26.5 Å². The van der Waals surface area contributed by atoms with Crippen LogP contribution in [0.2, 0.25) is 5.02 Å². The molecule has 3 heterocycles. The molecule has 0 radical (unpaired) electrons. The molecule has 0 saturated heterocycles. The van der Waals surface area contributed by atoms with Crippen molar-refractivity contribution >= 4 is 59.8 Å². The number of aromatic nitrogens is 1. The van der Waals surface area contributed by atoms with Gasteiger partial charge in [-0.15, -0.1) is 0 Å². The molecule has 35 heavy (non-hydrogen) atoms. The van der Waals surface area contributed by atoms with Crippen LogP contribution in [0.3, 0.4) is 0 Å². The Morgan fingerprint density at radius 2 is 1.86 bits per heavy atom. The summed E-state index contributed by atoms with van der Waals surface area (Å²) in [6, 6.07) is 13.1. The van der Waals surface area contributed by atoms with E-state index in [0.29, 0.717) is 26.6 Å². The van der Waals surface area contributed by atoms with Crippen molar-refractivity contribution in [1.29, 1.82) is 0 Å². The zero-order chi connectivity index (χ0) is 25.1. The van der Waals surface area contributed by atoms with E-state index in [4.69, 9.17) is 16.0 Å². The van der Waals surface area contributed by atoms with Gasteiger partial charge in [-0.05, 0) is 55.0 Å². The molecule has 2 aromatic heterocycles. The number of aliphatic hydroxyl groups is 1. The third kappa shape index (κ3) is 4.03. The highest BCUT2D eigenvalue weighted by molar-refractivity contribution is 7.90. The summed E-state index contributed by atoms with van der Waals surface area (Å²) < 4.78 is 29.9. The van der Waals surface area contributed by atoms with Gasteiger partial charge in [0.2, 0.25) is 5.78 Å². The SMILES string of the molecule is Cc1ccc(C(=O)C2=C(O)C(=O)N(c3nc4ccc(S(C)(=O)=O)cc4s3)C2c2ccc(Cl)cc2)o1. The molecule has 11 heteroatoms. The van der Waals surface area contributed by atoms with Crippen LogP contribution < -0.4 is 4.90 Å². The molecule has 8 nitrogen and oxygen atoms in total. The number of benzene rings is 2. The number of fused-ring (bicyclic) bond motifs is 1. The summed E-state index contributed by atoms with van der Waals surface area (Å²) in [5.41, 5.74) is 0.846. The number of thiazole rings is 1. The van der Waals surface area contributed by atoms with Crippen molar-refractivity contribution in [2.75, 3.05) is 11.2 Å². The van der Waals surface area contributed by atoms with Crippen LogP contribution in [0.1, 0.15) is 27.9 Å². The fraction of sp³-hybridized carbons (Fsp3) is 0.125. The lowest BCUT2D eigenvalue weighted by molar-refractivity contribution is -0.117. The van der Waals surface area contributed by atoms with Crippen LogP contribution in [0, 0.1) is 6.92 Å². The van der Waals surface area contributed by atoms with Gasteiger partial charge >= 0.3 is 0 Å². The summed E-state index contributed by atoms with van der Waals surface area (Å²) in [7, 11) is -3.45. The first kappa shape index (κ1) is 23.3. The summed E-state index contributed by atoms with van der Waals surface area (Å²) in [4.78, 5) is 32.5. The Kier molecular flexibility index (Phi) is 5.54. The number of amides is 1. The van der Waals surface area contributed by atoms with Gasteiger partial charge in [0.1, 0.15) is 5.76 Å². The molecule has 178 valence electrons. The highest BCUT2D eigenvalue weighted by Crippen LogP contribution is 2.44. The van der Waals surface area contributed by atoms with Gasteiger partial charge in [0.05, 0.1) is 26.7 Å². The lowest BCUT2D eigenvalue weighted by Crippen LogP contribution is -2.30. The summed E-state index contributed by atoms with van der Waals surface area (Å²) in [6.07, 6.45) is 1.10. The Hall–Kier alpha value is -3.47. The largest absolute Gasteiger partial charge is 0.503 e. The number of Topliss-reactive ketones (excluding diaryl/α,β-unsaturated/α-hetero) is 1. The number of halogens is 1. The van der Waals surface area contributed by atoms with Gasteiger partial charge in [-0.1, -0.05) is 35.1 Å². The first-order valence-corrected chi connectivity index (χ1v) is 13.4. The monoisotopic (exact) mass is 528 g/mol. The maximum Gasteiger partial charge on any atom is 0.296 e. The van der Waals surface area contributed by atoms with E-state index in [9.17, 15) is 23.1 Å². The number of hydrogen-bond donors (Lipinski definition) is 1. The van der Waals surface area contributed by atoms with Crippen molar-refractivity contribution in [2.24, 2.45) is 0 Å². The molecule has 1 unspecified atom stereocenters. The third-order valence-corrected chi connectivity index (χ3v) is 7.97. The molecular formula is C24H17ClN2O6S2. The van der Waals surface area contributed by atoms with Crippen molar-refractivity contribution in [3.8, 4) is 0 Å². The molecule has 0 spiro atoms. The summed E-state index contributed by atoms with van der Waals surface area (Å²) in [6.45, 7) is 1.68. The fourth-order valence-electron chi connectivity index (χ4n) is 3.91. The van der Waals surface area contributed by atoms with Crippen LogP contribution in [-0.4, -0.2) is 36.5 Å². The molecule has 1 atom stereocenters. The van der Waals surface area contributed by atoms with Crippen LogP contribution in [-0.2, 0) is 14.6 Å². The van der Waals surface area contributed by atoms with E-state index in [1.54, 1.807) is 43.3 Å². The number of carbonyl (C=O) groups excluding carboxylic acids is 2. The maximum atomic E-state index is 13.4. The minimum Gasteiger partial charge on any atom is -0.503 e. The van der Waals surface area contributed by atoms with Crippen molar-refractivity contribution in [3.05, 3.63) is 88.0 Å². The molecular weight excluding hydrogens is 512 g/mol. The molecule has 0 fully saturated rings. The minimum atomic E-state index is -3.45. The molecule has 1 amide bonds. The van der Waals surface area contributed by atoms with E-state index in [1.807, 2.05) is 0 Å². The van der Waals surface area contributed by atoms with Gasteiger partial charge in [0, 0.05) is 11.3 Å². The Bertz CT molecular complexity index is 1650. The third-order valence-electron chi connectivity index (χ3n) is 5.59. The van der Waals surface area contributed by atoms with Crippen LogP contribution in [0.5, 0.6) is 0 Å². The average Bonchev–Trinajstić information content (AvgIpc) is 3.49. The first-order valence-electron chi connectivity index (χ1n) is 10.3. The van der Waals surface area contributed by atoms with Crippen molar-refractivity contribution in [3.63, 3.8) is 0 Å². The molecule has 0 saturated carbocycles. The number of carbonyl (C=O) groups is 2. The van der Waals surface area contributed by atoms with Crippen LogP contribution >= 0.6 is 22.9 Å². The maximum absolute atomic E-state index is 13.4. The van der Waals surface area contributed by atoms with Crippen molar-refractivity contribution in [1.82, 2.24) is 4.98 Å². The number of aryl methyl sites for hydroxylation is 1. The van der Waals surface area contributed by atoms with E-state index in [1.165, 1.54) is 23.1 Å². The predicted molar refractivity (Wildman–Crippen MR) is 132 cm³/mol. The number of anilines is 1. The van der Waals surface area contributed by atoms with Gasteiger partial charge in [-0.25, -0.2) is 13.4 Å². The lowest BCUT2D eigenvalue weighted by Gasteiger charge is -2.24. The average molecular weight is 529 g/mol. The lowest BCUT2D eigenvalue weighted by atomic mass is 9.95. The molecule has 5 rings (SSSR count). The second kappa shape index (κ2) is 8.33. The van der Waals surface area contributed by atoms with Crippen LogP contribution in [0.15, 0.2) is 75.2 Å². The summed E-state index contributed by atoms with van der Waals surface area (Å²) in [5.74, 6) is -1.66. The van der Waals surface area contributed by atoms with Gasteiger partial charge < -0.3 is 9.52 Å². The number of rotatable bonds is 5. The second-order valence-corrected chi connectivity index (χ2v) is 11.5. The molecule has 0 aliphatic carbocycles. The topological polar surface area (TPSA) is 118 Å². The Morgan fingerprint density at radius 3 is 2.49 bits per heavy atom. The summed E-state index contributed by atoms with van der Waals surface area (Å²) in [5, 5.41) is 11.5. The van der Waals surface area contributed by atoms with Gasteiger partial charge in [0.25, 0.3) is 5.91 Å². The molecule has 2 aromatic carbocycles. The van der Waals surface area contributed by atoms with Gasteiger partial charge in [-0.3, -0.25) is 14.5 Å². The number of aliphatic hydroxyl groups excluding tert-OH is 1. The minimum absolute atomic E-state index is 0.0141. The summed E-state index contributed by atoms with van der Waals surface area (Å²) >= 11 is 7.13. The van der Waals surface area contributed by atoms with Gasteiger partial charge in [-0.2, -0.15) is 0 Å². The van der Waals surface area contributed by atoms with E-state index in [-0.39, 0.29) is 21.4 Å². The molecule has 1 aliphatic rings. The Labute approximate surface area is 209 Å². The number of hydrogen-bond acceptors (Lipinski definition) is 8. The zero-order valence-corrected chi connectivity index (χ0v) is 20.7. The zero-order valence-electron chi connectivity index (χ0n) is 18.4. The van der Waals surface area contributed by atoms with Crippen LogP contribution in [0.25, 0.3) is 10.2 Å². The molecule has 1 aliphatic heterocycles.